The first-order valence-corrected chi connectivity index (χ1v) is 13.0. The molecule has 0 bridgehead atoms. The number of hydrogen-bond donors (Lipinski definition) is 0. The van der Waals surface area contributed by atoms with Crippen LogP contribution in [0.3, 0.4) is 0 Å². The van der Waals surface area contributed by atoms with Crippen LogP contribution in [0.4, 0.5) is 0 Å². The molecule has 0 heterocycles. The van der Waals surface area contributed by atoms with E-state index >= 15 is 0 Å². The number of ether oxygens (including phenoxy) is 3. The lowest BCUT2D eigenvalue weighted by Crippen LogP contribution is -2.16. The highest BCUT2D eigenvalue weighted by molar-refractivity contribution is 5.92. The van der Waals surface area contributed by atoms with Crippen LogP contribution < -0.4 is 9.47 Å². The number of unbranched alkanes of at least 4 members (excludes halogenated alkanes) is 6. The fourth-order valence-electron chi connectivity index (χ4n) is 3.62. The Bertz CT molecular complexity index is 899. The molecule has 0 saturated heterocycles. The fourth-order valence-corrected chi connectivity index (χ4v) is 3.62. The molecule has 35 heavy (non-hydrogen) atoms. The van der Waals surface area contributed by atoms with Crippen molar-refractivity contribution in [2.75, 3.05) is 6.61 Å². The van der Waals surface area contributed by atoms with Gasteiger partial charge in [0.15, 0.2) is 0 Å². The lowest BCUT2D eigenvalue weighted by molar-refractivity contribution is 0.0376. The molecule has 5 nitrogen and oxygen atoms in total. The van der Waals surface area contributed by atoms with Crippen LogP contribution in [0.25, 0.3) is 0 Å². The van der Waals surface area contributed by atoms with E-state index in [4.69, 9.17) is 14.2 Å². The molecule has 0 aliphatic rings. The summed E-state index contributed by atoms with van der Waals surface area (Å²) in [4.78, 5) is 25.0. The molecule has 5 heteroatoms. The number of rotatable bonds is 16. The zero-order valence-corrected chi connectivity index (χ0v) is 21.5. The summed E-state index contributed by atoms with van der Waals surface area (Å²) in [6.45, 7) is 6.95. The maximum absolute atomic E-state index is 12.6. The molecular formula is C30H40O5. The number of hydrogen-bond acceptors (Lipinski definition) is 5. The van der Waals surface area contributed by atoms with E-state index in [9.17, 15) is 9.59 Å². The van der Waals surface area contributed by atoms with E-state index in [2.05, 4.69) is 13.8 Å². The molecule has 0 N–H and O–H groups in total. The molecular weight excluding hydrogens is 440 g/mol. The summed E-state index contributed by atoms with van der Waals surface area (Å²) in [6, 6.07) is 13.4. The van der Waals surface area contributed by atoms with Crippen LogP contribution in [0.5, 0.6) is 11.5 Å². The summed E-state index contributed by atoms with van der Waals surface area (Å²) in [7, 11) is 0. The molecule has 2 aromatic rings. The Labute approximate surface area is 210 Å². The van der Waals surface area contributed by atoms with Gasteiger partial charge >= 0.3 is 11.9 Å². The molecule has 0 saturated carbocycles. The largest absolute Gasteiger partial charge is 0.494 e. The summed E-state index contributed by atoms with van der Waals surface area (Å²) >= 11 is 0. The maximum atomic E-state index is 12.6. The molecule has 0 aliphatic carbocycles. The molecule has 0 aromatic heterocycles. The van der Waals surface area contributed by atoms with Crippen LogP contribution in [-0.2, 0) is 4.74 Å². The number of benzene rings is 2. The van der Waals surface area contributed by atoms with Gasteiger partial charge in [-0.15, -0.1) is 0 Å². The zero-order valence-electron chi connectivity index (χ0n) is 21.5. The van der Waals surface area contributed by atoms with Crippen LogP contribution >= 0.6 is 0 Å². The van der Waals surface area contributed by atoms with Gasteiger partial charge in [0.1, 0.15) is 17.6 Å². The quantitative estimate of drug-likeness (QED) is 0.106. The van der Waals surface area contributed by atoms with Gasteiger partial charge in [-0.2, -0.15) is 0 Å². The average molecular weight is 481 g/mol. The van der Waals surface area contributed by atoms with Crippen molar-refractivity contribution in [2.45, 2.75) is 84.7 Å². The minimum atomic E-state index is -0.463. The number of allylic oxidation sites excluding steroid dienone is 1. The minimum Gasteiger partial charge on any atom is -0.494 e. The lowest BCUT2D eigenvalue weighted by atomic mass is 10.1. The van der Waals surface area contributed by atoms with Gasteiger partial charge in [-0.3, -0.25) is 0 Å². The van der Waals surface area contributed by atoms with Crippen LogP contribution in [0.1, 0.15) is 99.3 Å². The van der Waals surface area contributed by atoms with Gasteiger partial charge in [-0.05, 0) is 80.8 Å². The molecule has 1 atom stereocenters. The number of esters is 2. The first-order chi connectivity index (χ1) is 17.1. The summed E-state index contributed by atoms with van der Waals surface area (Å²) < 4.78 is 16.8. The molecule has 0 spiro atoms. The highest BCUT2D eigenvalue weighted by atomic mass is 16.5. The second-order valence-electron chi connectivity index (χ2n) is 8.67. The molecule has 0 radical (unpaired) electrons. The Kier molecular flexibility index (Phi) is 13.3. The van der Waals surface area contributed by atoms with E-state index in [1.165, 1.54) is 25.7 Å². The summed E-state index contributed by atoms with van der Waals surface area (Å²) in [5, 5.41) is 0. The smallest absolute Gasteiger partial charge is 0.343 e. The first kappa shape index (κ1) is 28.2. The van der Waals surface area contributed by atoms with Crippen molar-refractivity contribution in [3.8, 4) is 11.5 Å². The second kappa shape index (κ2) is 16.5. The molecule has 2 aromatic carbocycles. The van der Waals surface area contributed by atoms with Gasteiger partial charge in [-0.25, -0.2) is 9.59 Å². The SMILES string of the molecule is C/C=C/C(CCCCCC)OC(=O)c1ccc(OC(=O)c2ccc(OCCCCCC)cc2)cc1. The van der Waals surface area contributed by atoms with Gasteiger partial charge in [0.25, 0.3) is 0 Å². The Morgan fingerprint density at radius 1 is 0.743 bits per heavy atom. The topological polar surface area (TPSA) is 61.8 Å². The van der Waals surface area contributed by atoms with Crippen LogP contribution in [-0.4, -0.2) is 24.6 Å². The third-order valence-corrected chi connectivity index (χ3v) is 5.66. The number of carbonyl (C=O) groups excluding carboxylic acids is 2. The van der Waals surface area contributed by atoms with Crippen molar-refractivity contribution in [2.24, 2.45) is 0 Å². The monoisotopic (exact) mass is 480 g/mol. The summed E-state index contributed by atoms with van der Waals surface area (Å²) in [5.74, 6) is 0.261. The Morgan fingerprint density at radius 3 is 1.91 bits per heavy atom. The molecule has 2 rings (SSSR count). The molecule has 1 unspecified atom stereocenters. The number of carbonyl (C=O) groups is 2. The van der Waals surface area contributed by atoms with Crippen molar-refractivity contribution in [1.82, 2.24) is 0 Å². The van der Waals surface area contributed by atoms with Crippen molar-refractivity contribution < 1.29 is 23.8 Å². The maximum Gasteiger partial charge on any atom is 0.343 e. The summed E-state index contributed by atoms with van der Waals surface area (Å²) in [5.41, 5.74) is 0.859. The fraction of sp³-hybridized carbons (Fsp3) is 0.467. The molecule has 0 amide bonds. The van der Waals surface area contributed by atoms with E-state index in [0.29, 0.717) is 23.5 Å². The zero-order chi connectivity index (χ0) is 25.3. The molecule has 0 fully saturated rings. The lowest BCUT2D eigenvalue weighted by Gasteiger charge is -2.14. The molecule has 190 valence electrons. The Hall–Kier alpha value is -3.08. The van der Waals surface area contributed by atoms with Crippen LogP contribution in [0, 0.1) is 0 Å². The average Bonchev–Trinajstić information content (AvgIpc) is 2.87. The van der Waals surface area contributed by atoms with Crippen LogP contribution in [0.15, 0.2) is 60.7 Å². The van der Waals surface area contributed by atoms with Gasteiger partial charge < -0.3 is 14.2 Å². The third kappa shape index (κ3) is 10.8. The third-order valence-electron chi connectivity index (χ3n) is 5.66. The molecule has 0 aliphatic heterocycles. The van der Waals surface area contributed by atoms with E-state index < -0.39 is 5.97 Å². The Morgan fingerprint density at radius 2 is 1.31 bits per heavy atom. The van der Waals surface area contributed by atoms with E-state index in [1.54, 1.807) is 48.5 Å². The highest BCUT2D eigenvalue weighted by Gasteiger charge is 2.15. The van der Waals surface area contributed by atoms with Gasteiger partial charge in [0.05, 0.1) is 17.7 Å². The standard InChI is InChI=1S/C30H40O5/c1-4-7-9-11-14-27(13-6-3)34-29(31)25-17-21-28(22-18-25)35-30(32)24-15-19-26(20-16-24)33-23-12-10-8-5-2/h6,13,15-22,27H,4-5,7-12,14,23H2,1-3H3/b13-6+. The van der Waals surface area contributed by atoms with Gasteiger partial charge in [0, 0.05) is 0 Å². The minimum absolute atomic E-state index is 0.231. The first-order valence-electron chi connectivity index (χ1n) is 13.0. The normalized spacial score (nSPS) is 11.9. The van der Waals surface area contributed by atoms with Crippen molar-refractivity contribution in [1.29, 1.82) is 0 Å². The second-order valence-corrected chi connectivity index (χ2v) is 8.67. The Balaban J connectivity index is 1.84. The van der Waals surface area contributed by atoms with E-state index in [-0.39, 0.29) is 12.1 Å². The van der Waals surface area contributed by atoms with Crippen molar-refractivity contribution >= 4 is 11.9 Å². The van der Waals surface area contributed by atoms with Crippen molar-refractivity contribution in [3.63, 3.8) is 0 Å². The highest BCUT2D eigenvalue weighted by Crippen LogP contribution is 2.19. The van der Waals surface area contributed by atoms with Gasteiger partial charge in [-0.1, -0.05) is 58.4 Å². The predicted molar refractivity (Wildman–Crippen MR) is 140 cm³/mol. The van der Waals surface area contributed by atoms with Crippen LogP contribution in [0.2, 0.25) is 0 Å². The van der Waals surface area contributed by atoms with E-state index in [1.807, 2.05) is 19.1 Å². The van der Waals surface area contributed by atoms with Crippen molar-refractivity contribution in [3.05, 3.63) is 71.8 Å². The van der Waals surface area contributed by atoms with E-state index in [0.717, 1.165) is 37.9 Å². The predicted octanol–water partition coefficient (Wildman–Crippen LogP) is 7.94. The summed E-state index contributed by atoms with van der Waals surface area (Å²) in [6.07, 6.45) is 13.5. The van der Waals surface area contributed by atoms with Gasteiger partial charge in [0.2, 0.25) is 0 Å².